The minimum Gasteiger partial charge on any atom is -0.378 e. The molecule has 1 saturated heterocycles. The molecule has 1 heterocycles. The molecule has 0 saturated carbocycles. The van der Waals surface area contributed by atoms with E-state index < -0.39 is 11.5 Å². The molecule has 5 nitrogen and oxygen atoms in total. The van der Waals surface area contributed by atoms with E-state index in [4.69, 9.17) is 14.7 Å². The maximum absolute atomic E-state index is 11.4. The van der Waals surface area contributed by atoms with Crippen LogP contribution in [0.2, 0.25) is 0 Å². The van der Waals surface area contributed by atoms with Crippen LogP contribution in [0.5, 0.6) is 0 Å². The average molecular weight is 184 g/mol. The highest BCUT2D eigenvalue weighted by Crippen LogP contribution is 2.23. The number of carbonyl (C=O) groups is 1. The third-order valence-electron chi connectivity index (χ3n) is 1.99. The summed E-state index contributed by atoms with van der Waals surface area (Å²) >= 11 is 0. The monoisotopic (exact) mass is 184 g/mol. The molecular formula is C8H12N2O3. The van der Waals surface area contributed by atoms with E-state index in [2.05, 4.69) is 5.32 Å². The predicted octanol–water partition coefficient (Wildman–Crippen LogP) is -0.221. The fourth-order valence-corrected chi connectivity index (χ4v) is 1.35. The Morgan fingerprint density at radius 3 is 3.08 bits per heavy atom. The fraction of sp³-hybridized carbons (Fsp3) is 0.750. The highest BCUT2D eigenvalue weighted by atomic mass is 16.6. The number of hydrogen-bond acceptors (Lipinski definition) is 4. The molecule has 1 N–H and O–H groups in total. The van der Waals surface area contributed by atoms with Crippen LogP contribution in [-0.4, -0.2) is 31.3 Å². The van der Waals surface area contributed by atoms with Gasteiger partial charge in [-0.3, -0.25) is 10.1 Å². The van der Waals surface area contributed by atoms with E-state index in [1.807, 2.05) is 0 Å². The minimum absolute atomic E-state index is 0.231. The number of nitriles is 1. The van der Waals surface area contributed by atoms with Crippen molar-refractivity contribution in [3.8, 4) is 6.19 Å². The zero-order valence-electron chi connectivity index (χ0n) is 7.50. The van der Waals surface area contributed by atoms with Crippen molar-refractivity contribution in [3.05, 3.63) is 0 Å². The minimum atomic E-state index is -0.940. The summed E-state index contributed by atoms with van der Waals surface area (Å²) in [6.07, 6.45) is 2.10. The summed E-state index contributed by atoms with van der Waals surface area (Å²) in [5.74, 6) is -0.408. The van der Waals surface area contributed by atoms with Crippen molar-refractivity contribution in [2.24, 2.45) is 0 Å². The Morgan fingerprint density at radius 1 is 1.85 bits per heavy atom. The standard InChI is InChI=1S/C8H12N2O3/c1-2-13-8(3-4-12-5-8)7(11)10-6-9/h2-5H2,1H3,(H,10,11). The van der Waals surface area contributed by atoms with Gasteiger partial charge in [0, 0.05) is 13.0 Å². The lowest BCUT2D eigenvalue weighted by atomic mass is 10.0. The van der Waals surface area contributed by atoms with Gasteiger partial charge in [-0.1, -0.05) is 0 Å². The lowest BCUT2D eigenvalue weighted by Crippen LogP contribution is -2.48. The van der Waals surface area contributed by atoms with Crippen molar-refractivity contribution in [3.63, 3.8) is 0 Å². The number of ether oxygens (including phenoxy) is 2. The van der Waals surface area contributed by atoms with E-state index in [-0.39, 0.29) is 6.61 Å². The van der Waals surface area contributed by atoms with E-state index in [1.165, 1.54) is 0 Å². The third-order valence-corrected chi connectivity index (χ3v) is 1.99. The largest absolute Gasteiger partial charge is 0.378 e. The Morgan fingerprint density at radius 2 is 2.62 bits per heavy atom. The van der Waals surface area contributed by atoms with Gasteiger partial charge in [-0.25, -0.2) is 0 Å². The van der Waals surface area contributed by atoms with Crippen LogP contribution in [0.25, 0.3) is 0 Å². The van der Waals surface area contributed by atoms with Crippen LogP contribution >= 0.6 is 0 Å². The molecule has 1 unspecified atom stereocenters. The predicted molar refractivity (Wildman–Crippen MR) is 43.5 cm³/mol. The third kappa shape index (κ3) is 1.97. The Balaban J connectivity index is 2.66. The molecule has 0 aliphatic carbocycles. The second-order valence-electron chi connectivity index (χ2n) is 2.80. The lowest BCUT2D eigenvalue weighted by Gasteiger charge is -2.23. The molecule has 0 aromatic heterocycles. The summed E-state index contributed by atoms with van der Waals surface area (Å²) in [7, 11) is 0. The van der Waals surface area contributed by atoms with Crippen LogP contribution in [0, 0.1) is 11.5 Å². The van der Waals surface area contributed by atoms with Gasteiger partial charge in [0.1, 0.15) is 0 Å². The first-order chi connectivity index (χ1) is 6.25. The molecule has 1 fully saturated rings. The molecule has 13 heavy (non-hydrogen) atoms. The van der Waals surface area contributed by atoms with Crippen LogP contribution in [0.15, 0.2) is 0 Å². The maximum Gasteiger partial charge on any atom is 0.267 e. The van der Waals surface area contributed by atoms with Gasteiger partial charge in [0.25, 0.3) is 5.91 Å². The SMILES string of the molecule is CCOC1(C(=O)NC#N)CCOC1. The molecule has 1 aliphatic heterocycles. The van der Waals surface area contributed by atoms with E-state index in [1.54, 1.807) is 13.1 Å². The second-order valence-corrected chi connectivity index (χ2v) is 2.80. The van der Waals surface area contributed by atoms with Crippen LogP contribution in [0.4, 0.5) is 0 Å². The number of hydrogen-bond donors (Lipinski definition) is 1. The second kappa shape index (κ2) is 4.21. The fourth-order valence-electron chi connectivity index (χ4n) is 1.35. The number of carbonyl (C=O) groups excluding carboxylic acids is 1. The van der Waals surface area contributed by atoms with Crippen molar-refractivity contribution < 1.29 is 14.3 Å². The normalized spacial score (nSPS) is 26.8. The molecule has 1 aliphatic rings. The van der Waals surface area contributed by atoms with Crippen molar-refractivity contribution in [2.75, 3.05) is 19.8 Å². The summed E-state index contributed by atoms with van der Waals surface area (Å²) in [5.41, 5.74) is -0.940. The van der Waals surface area contributed by atoms with Crippen molar-refractivity contribution in [1.29, 1.82) is 5.26 Å². The van der Waals surface area contributed by atoms with E-state index in [0.717, 1.165) is 0 Å². The van der Waals surface area contributed by atoms with Crippen LogP contribution < -0.4 is 5.32 Å². The Bertz CT molecular complexity index is 228. The Kier molecular flexibility index (Phi) is 3.23. The topological polar surface area (TPSA) is 71.3 Å². The highest BCUT2D eigenvalue weighted by Gasteiger charge is 2.43. The molecule has 1 rings (SSSR count). The molecular weight excluding hydrogens is 172 g/mol. The van der Waals surface area contributed by atoms with Gasteiger partial charge in [-0.15, -0.1) is 0 Å². The first-order valence-electron chi connectivity index (χ1n) is 4.16. The summed E-state index contributed by atoms with van der Waals surface area (Å²) in [4.78, 5) is 11.4. The first kappa shape index (κ1) is 9.96. The number of nitrogens with zero attached hydrogens (tertiary/aromatic N) is 1. The zero-order valence-corrected chi connectivity index (χ0v) is 7.50. The van der Waals surface area contributed by atoms with Gasteiger partial charge < -0.3 is 9.47 Å². The molecule has 5 heteroatoms. The van der Waals surface area contributed by atoms with Crippen LogP contribution in [0.3, 0.4) is 0 Å². The molecule has 1 amide bonds. The molecule has 72 valence electrons. The van der Waals surface area contributed by atoms with Gasteiger partial charge >= 0.3 is 0 Å². The van der Waals surface area contributed by atoms with Crippen molar-refractivity contribution >= 4 is 5.91 Å². The molecule has 0 radical (unpaired) electrons. The van der Waals surface area contributed by atoms with Gasteiger partial charge in [0.15, 0.2) is 11.8 Å². The van der Waals surface area contributed by atoms with Gasteiger partial charge in [0.05, 0.1) is 13.2 Å². The van der Waals surface area contributed by atoms with Crippen LogP contribution in [-0.2, 0) is 14.3 Å². The zero-order chi connectivity index (χ0) is 9.73. The van der Waals surface area contributed by atoms with E-state index in [0.29, 0.717) is 19.6 Å². The maximum atomic E-state index is 11.4. The smallest absolute Gasteiger partial charge is 0.267 e. The van der Waals surface area contributed by atoms with E-state index >= 15 is 0 Å². The Hall–Kier alpha value is -1.12. The van der Waals surface area contributed by atoms with Crippen molar-refractivity contribution in [1.82, 2.24) is 5.32 Å². The summed E-state index contributed by atoms with van der Waals surface area (Å²) in [6, 6.07) is 0. The van der Waals surface area contributed by atoms with Gasteiger partial charge in [0.2, 0.25) is 0 Å². The quantitative estimate of drug-likeness (QED) is 0.486. The summed E-state index contributed by atoms with van der Waals surface area (Å²) in [6.45, 7) is 2.97. The molecule has 0 aromatic rings. The van der Waals surface area contributed by atoms with Gasteiger partial charge in [-0.05, 0) is 6.92 Å². The summed E-state index contributed by atoms with van der Waals surface area (Å²) in [5, 5.41) is 10.4. The number of nitrogens with one attached hydrogen (secondary N) is 1. The molecule has 0 spiro atoms. The Labute approximate surface area is 76.6 Å². The van der Waals surface area contributed by atoms with Gasteiger partial charge in [-0.2, -0.15) is 5.26 Å². The van der Waals surface area contributed by atoms with Crippen molar-refractivity contribution in [2.45, 2.75) is 18.9 Å². The highest BCUT2D eigenvalue weighted by molar-refractivity contribution is 5.86. The molecule has 0 bridgehead atoms. The molecule has 1 atom stereocenters. The average Bonchev–Trinajstić information content (AvgIpc) is 2.55. The number of amides is 1. The number of rotatable bonds is 3. The molecule has 0 aromatic carbocycles. The summed E-state index contributed by atoms with van der Waals surface area (Å²) < 4.78 is 10.4. The first-order valence-corrected chi connectivity index (χ1v) is 4.16. The van der Waals surface area contributed by atoms with Crippen LogP contribution in [0.1, 0.15) is 13.3 Å². The lowest BCUT2D eigenvalue weighted by molar-refractivity contribution is -0.145. The van der Waals surface area contributed by atoms with E-state index in [9.17, 15) is 4.79 Å².